The molecule has 0 saturated heterocycles. The van der Waals surface area contributed by atoms with Crippen LogP contribution in [0.15, 0.2) is 125 Å². The van der Waals surface area contributed by atoms with E-state index in [-0.39, 0.29) is 5.91 Å². The van der Waals surface area contributed by atoms with Gasteiger partial charge in [-0.25, -0.2) is 0 Å². The molecule has 1 amide bonds. The molecule has 32 heavy (non-hydrogen) atoms. The predicted molar refractivity (Wildman–Crippen MR) is 133 cm³/mol. The summed E-state index contributed by atoms with van der Waals surface area (Å²) in [5.41, 5.74) is 4.90. The van der Waals surface area contributed by atoms with Crippen LogP contribution < -0.4 is 4.90 Å². The number of hydrogen-bond acceptors (Lipinski definition) is 2. The van der Waals surface area contributed by atoms with Crippen molar-refractivity contribution in [2.45, 2.75) is 9.79 Å². The van der Waals surface area contributed by atoms with Gasteiger partial charge in [-0.1, -0.05) is 78.5 Å². The van der Waals surface area contributed by atoms with Crippen molar-refractivity contribution in [3.05, 3.63) is 121 Å². The normalized spacial score (nSPS) is 12.5. The smallest absolute Gasteiger partial charge is 0.263 e. The Morgan fingerprint density at radius 3 is 2.00 bits per heavy atom. The number of para-hydroxylation sites is 1. The summed E-state index contributed by atoms with van der Waals surface area (Å²) in [4.78, 5) is 17.5. The Balaban J connectivity index is 1.42. The fourth-order valence-electron chi connectivity index (χ4n) is 4.39. The van der Waals surface area contributed by atoms with Gasteiger partial charge in [0.05, 0.1) is 11.3 Å². The largest absolute Gasteiger partial charge is 0.276 e. The van der Waals surface area contributed by atoms with Gasteiger partial charge in [-0.05, 0) is 65.0 Å². The molecule has 0 saturated carbocycles. The molecule has 0 spiro atoms. The van der Waals surface area contributed by atoms with E-state index in [0.717, 1.165) is 38.8 Å². The van der Waals surface area contributed by atoms with Gasteiger partial charge in [0, 0.05) is 20.9 Å². The van der Waals surface area contributed by atoms with Crippen molar-refractivity contribution in [1.29, 1.82) is 0 Å². The van der Waals surface area contributed by atoms with Crippen LogP contribution in [0.3, 0.4) is 0 Å². The second kappa shape index (κ2) is 7.70. The summed E-state index contributed by atoms with van der Waals surface area (Å²) in [5, 5.41) is 2.14. The Kier molecular flexibility index (Phi) is 4.55. The van der Waals surface area contributed by atoms with E-state index >= 15 is 0 Å². The van der Waals surface area contributed by atoms with Gasteiger partial charge in [0.25, 0.3) is 5.91 Å². The summed E-state index contributed by atoms with van der Waals surface area (Å²) in [5.74, 6) is 0.0311. The molecule has 152 valence electrons. The van der Waals surface area contributed by atoms with Gasteiger partial charge in [-0.2, -0.15) is 0 Å². The molecular formula is C29H19NOS. The number of rotatable bonds is 4. The predicted octanol–water partition coefficient (Wildman–Crippen LogP) is 7.95. The van der Waals surface area contributed by atoms with Crippen molar-refractivity contribution in [3.63, 3.8) is 0 Å². The minimum absolute atomic E-state index is 0.0311. The van der Waals surface area contributed by atoms with Gasteiger partial charge in [-0.3, -0.25) is 9.69 Å². The third-order valence-electron chi connectivity index (χ3n) is 5.85. The van der Waals surface area contributed by atoms with Crippen LogP contribution >= 0.6 is 11.8 Å². The summed E-state index contributed by atoms with van der Waals surface area (Å²) < 4.78 is 0. The van der Waals surface area contributed by atoms with Crippen LogP contribution in [0, 0.1) is 0 Å². The van der Waals surface area contributed by atoms with Crippen LogP contribution in [0.4, 0.5) is 11.4 Å². The molecule has 0 bridgehead atoms. The number of benzene rings is 5. The van der Waals surface area contributed by atoms with E-state index in [4.69, 9.17) is 0 Å². The molecule has 0 N–H and O–H groups in total. The Hall–Kier alpha value is -3.82. The SMILES string of the molecule is O=C1c2cccc3c(-c4ccc(Sc5ccccc5)cc4)ccc(c23)N1c1ccccc1. The zero-order valence-corrected chi connectivity index (χ0v) is 18.0. The van der Waals surface area contributed by atoms with Gasteiger partial charge in [0.2, 0.25) is 0 Å². The van der Waals surface area contributed by atoms with E-state index in [1.54, 1.807) is 11.8 Å². The fourth-order valence-corrected chi connectivity index (χ4v) is 5.23. The average molecular weight is 430 g/mol. The Morgan fingerprint density at radius 1 is 0.562 bits per heavy atom. The van der Waals surface area contributed by atoms with Gasteiger partial charge < -0.3 is 0 Å². The first-order chi connectivity index (χ1) is 15.8. The number of hydrogen-bond donors (Lipinski definition) is 0. The highest BCUT2D eigenvalue weighted by atomic mass is 32.2. The second-order valence-electron chi connectivity index (χ2n) is 7.78. The first-order valence-corrected chi connectivity index (χ1v) is 11.4. The highest BCUT2D eigenvalue weighted by molar-refractivity contribution is 7.99. The van der Waals surface area contributed by atoms with Crippen molar-refractivity contribution < 1.29 is 4.79 Å². The molecule has 5 aromatic carbocycles. The van der Waals surface area contributed by atoms with E-state index in [1.807, 2.05) is 53.4 Å². The first kappa shape index (κ1) is 18.9. The van der Waals surface area contributed by atoms with E-state index in [9.17, 15) is 4.79 Å². The maximum atomic E-state index is 13.3. The maximum absolute atomic E-state index is 13.3. The Morgan fingerprint density at radius 2 is 1.25 bits per heavy atom. The van der Waals surface area contributed by atoms with Crippen LogP contribution in [0.1, 0.15) is 10.4 Å². The molecule has 1 heterocycles. The zero-order chi connectivity index (χ0) is 21.5. The quantitative estimate of drug-likeness (QED) is 0.289. The summed E-state index contributed by atoms with van der Waals surface area (Å²) in [6.07, 6.45) is 0. The summed E-state index contributed by atoms with van der Waals surface area (Å²) in [7, 11) is 0. The van der Waals surface area contributed by atoms with E-state index < -0.39 is 0 Å². The van der Waals surface area contributed by atoms with E-state index in [2.05, 4.69) is 66.7 Å². The van der Waals surface area contributed by atoms with Crippen molar-refractivity contribution in [3.8, 4) is 11.1 Å². The monoisotopic (exact) mass is 429 g/mol. The molecule has 0 aromatic heterocycles. The van der Waals surface area contributed by atoms with Crippen molar-refractivity contribution in [2.75, 3.05) is 4.90 Å². The third-order valence-corrected chi connectivity index (χ3v) is 6.87. The molecule has 5 aromatic rings. The minimum atomic E-state index is 0.0311. The van der Waals surface area contributed by atoms with Crippen molar-refractivity contribution >= 4 is 39.8 Å². The van der Waals surface area contributed by atoms with E-state index in [1.165, 1.54) is 9.79 Å². The zero-order valence-electron chi connectivity index (χ0n) is 17.2. The summed E-state index contributed by atoms with van der Waals surface area (Å²) in [6, 6.07) is 39.2. The highest BCUT2D eigenvalue weighted by Crippen LogP contribution is 2.45. The Labute approximate surface area is 191 Å². The first-order valence-electron chi connectivity index (χ1n) is 10.6. The molecule has 0 unspecified atom stereocenters. The van der Waals surface area contributed by atoms with E-state index in [0.29, 0.717) is 0 Å². The molecule has 2 nitrogen and oxygen atoms in total. The maximum Gasteiger partial charge on any atom is 0.263 e. The summed E-state index contributed by atoms with van der Waals surface area (Å²) >= 11 is 1.76. The van der Waals surface area contributed by atoms with Crippen molar-refractivity contribution in [1.82, 2.24) is 0 Å². The number of amides is 1. The van der Waals surface area contributed by atoms with Crippen LogP contribution in [-0.2, 0) is 0 Å². The van der Waals surface area contributed by atoms with Crippen LogP contribution in [0.25, 0.3) is 21.9 Å². The van der Waals surface area contributed by atoms with Gasteiger partial charge >= 0.3 is 0 Å². The van der Waals surface area contributed by atoms with Gasteiger partial charge in [0.1, 0.15) is 0 Å². The third kappa shape index (κ3) is 3.10. The lowest BCUT2D eigenvalue weighted by Crippen LogP contribution is -2.20. The minimum Gasteiger partial charge on any atom is -0.276 e. The number of carbonyl (C=O) groups excluding carboxylic acids is 1. The molecule has 1 aliphatic rings. The molecule has 0 fully saturated rings. The summed E-state index contributed by atoms with van der Waals surface area (Å²) in [6.45, 7) is 0. The van der Waals surface area contributed by atoms with Gasteiger partial charge in [0.15, 0.2) is 0 Å². The fraction of sp³-hybridized carbons (Fsp3) is 0. The van der Waals surface area contributed by atoms with Crippen LogP contribution in [-0.4, -0.2) is 5.91 Å². The lowest BCUT2D eigenvalue weighted by Gasteiger charge is -2.18. The molecule has 6 rings (SSSR count). The lowest BCUT2D eigenvalue weighted by atomic mass is 9.96. The Bertz CT molecular complexity index is 1440. The second-order valence-corrected chi connectivity index (χ2v) is 8.92. The topological polar surface area (TPSA) is 20.3 Å². The highest BCUT2D eigenvalue weighted by Gasteiger charge is 2.31. The molecule has 3 heteroatoms. The molecule has 1 aliphatic heterocycles. The number of carbonyl (C=O) groups is 1. The number of anilines is 2. The molecular weight excluding hydrogens is 410 g/mol. The average Bonchev–Trinajstić information content (AvgIpc) is 3.14. The standard InChI is InChI=1S/C29H19NOS/c31-29-26-13-7-12-25-24(18-19-27(28(25)26)30(29)21-8-3-1-4-9-21)20-14-16-23(17-15-20)32-22-10-5-2-6-11-22/h1-19H. The lowest BCUT2D eigenvalue weighted by molar-refractivity contribution is 0.100. The van der Waals surface area contributed by atoms with Crippen LogP contribution in [0.2, 0.25) is 0 Å². The molecule has 0 aliphatic carbocycles. The van der Waals surface area contributed by atoms with Crippen LogP contribution in [0.5, 0.6) is 0 Å². The molecule has 0 atom stereocenters. The van der Waals surface area contributed by atoms with Crippen molar-refractivity contribution in [2.24, 2.45) is 0 Å². The number of nitrogens with zero attached hydrogens (tertiary/aromatic N) is 1. The van der Waals surface area contributed by atoms with Gasteiger partial charge in [-0.15, -0.1) is 0 Å². The molecule has 0 radical (unpaired) electrons.